The number of pyridine rings is 1. The van der Waals surface area contributed by atoms with Gasteiger partial charge < -0.3 is 0 Å². The second-order valence-electron chi connectivity index (χ2n) is 11.9. The molecule has 7 aromatic carbocycles. The third kappa shape index (κ3) is 4.02. The third-order valence-corrected chi connectivity index (χ3v) is 10.4. The topological polar surface area (TPSA) is 38.7 Å². The van der Waals surface area contributed by atoms with Crippen molar-refractivity contribution in [3.63, 3.8) is 0 Å². The van der Waals surface area contributed by atoms with Gasteiger partial charge in [0.25, 0.3) is 0 Å². The van der Waals surface area contributed by atoms with Crippen molar-refractivity contribution < 1.29 is 0 Å². The first-order valence-electron chi connectivity index (χ1n) is 15.8. The number of hydrogen-bond donors (Lipinski definition) is 0. The number of fused-ring (bicyclic) bond motifs is 11. The molecule has 0 atom stereocenters. The number of thiophene rings is 1. The smallest absolute Gasteiger partial charge is 0.180 e. The predicted octanol–water partition coefficient (Wildman–Crippen LogP) is 11.9. The van der Waals surface area contributed by atoms with Crippen molar-refractivity contribution in [3.05, 3.63) is 152 Å². The van der Waals surface area contributed by atoms with Crippen LogP contribution in [0, 0.1) is 0 Å². The van der Waals surface area contributed by atoms with Crippen LogP contribution in [0.3, 0.4) is 0 Å². The number of benzene rings is 7. The van der Waals surface area contributed by atoms with Gasteiger partial charge in [0.1, 0.15) is 5.69 Å². The minimum atomic E-state index is 0.633. The van der Waals surface area contributed by atoms with Gasteiger partial charge in [-0.15, -0.1) is 11.3 Å². The zero-order chi connectivity index (χ0) is 30.9. The van der Waals surface area contributed by atoms with Gasteiger partial charge in [0.15, 0.2) is 5.82 Å². The lowest BCUT2D eigenvalue weighted by molar-refractivity contribution is 1.20. The van der Waals surface area contributed by atoms with Crippen LogP contribution in [-0.2, 0) is 0 Å². The average Bonchev–Trinajstić information content (AvgIpc) is 3.54. The molecule has 10 rings (SSSR count). The maximum absolute atomic E-state index is 5.40. The Bertz CT molecular complexity index is 2850. The number of para-hydroxylation sites is 2. The van der Waals surface area contributed by atoms with Gasteiger partial charge in [-0.05, 0) is 46.2 Å². The summed E-state index contributed by atoms with van der Waals surface area (Å²) in [5.74, 6) is 0.633. The zero-order valence-corrected chi connectivity index (χ0v) is 26.0. The largest absolute Gasteiger partial charge is 0.244 e. The Morgan fingerprint density at radius 3 is 1.77 bits per heavy atom. The van der Waals surface area contributed by atoms with Gasteiger partial charge in [-0.3, -0.25) is 0 Å². The minimum absolute atomic E-state index is 0.633. The van der Waals surface area contributed by atoms with E-state index in [1.807, 2.05) is 17.4 Å². The van der Waals surface area contributed by atoms with E-state index in [1.165, 1.54) is 41.9 Å². The molecule has 0 fully saturated rings. The molecule has 0 unspecified atom stereocenters. The van der Waals surface area contributed by atoms with Crippen LogP contribution in [0.4, 0.5) is 0 Å². The van der Waals surface area contributed by atoms with Crippen LogP contribution in [-0.4, -0.2) is 15.0 Å². The molecule has 4 heteroatoms. The Kier molecular flexibility index (Phi) is 5.74. The molecule has 3 aromatic heterocycles. The van der Waals surface area contributed by atoms with Gasteiger partial charge >= 0.3 is 0 Å². The van der Waals surface area contributed by atoms with Gasteiger partial charge in [-0.1, -0.05) is 127 Å². The summed E-state index contributed by atoms with van der Waals surface area (Å²) in [6.07, 6.45) is 0. The van der Waals surface area contributed by atoms with Crippen LogP contribution in [0.2, 0.25) is 0 Å². The van der Waals surface area contributed by atoms with E-state index in [9.17, 15) is 0 Å². The lowest BCUT2D eigenvalue weighted by Crippen LogP contribution is -1.99. The standard InChI is InChI=1S/C43H25N3S/c1-2-13-26(14-3-1)27-15-12-16-28(25-27)40-32-20-7-10-23-35(32)45-43(46-40)41-39-37(31-19-6-9-22-34(31)44-41)29-17-4-5-18-30(29)38-33-21-8-11-24-36(33)47-42(38)39/h1-25H. The molecule has 0 spiro atoms. The Labute approximate surface area is 274 Å². The molecular formula is C43H25N3S. The Morgan fingerprint density at radius 2 is 0.957 bits per heavy atom. The fourth-order valence-electron chi connectivity index (χ4n) is 7.16. The molecule has 0 radical (unpaired) electrons. The van der Waals surface area contributed by atoms with Crippen LogP contribution in [0.25, 0.3) is 97.4 Å². The van der Waals surface area contributed by atoms with Crippen molar-refractivity contribution in [2.24, 2.45) is 0 Å². The third-order valence-electron chi connectivity index (χ3n) is 9.24. The number of rotatable bonds is 3. The Morgan fingerprint density at radius 1 is 0.362 bits per heavy atom. The second kappa shape index (κ2) is 10.3. The number of nitrogens with zero attached hydrogens (tertiary/aromatic N) is 3. The van der Waals surface area contributed by atoms with E-state index in [-0.39, 0.29) is 0 Å². The maximum atomic E-state index is 5.40. The summed E-state index contributed by atoms with van der Waals surface area (Å²) in [5, 5.41) is 9.47. The summed E-state index contributed by atoms with van der Waals surface area (Å²) in [7, 11) is 0. The molecule has 3 nitrogen and oxygen atoms in total. The van der Waals surface area contributed by atoms with Crippen molar-refractivity contribution in [3.8, 4) is 33.9 Å². The molecule has 0 aliphatic rings. The molecule has 0 N–H and O–H groups in total. The normalized spacial score (nSPS) is 11.8. The van der Waals surface area contributed by atoms with Crippen molar-refractivity contribution >= 4 is 74.9 Å². The Balaban J connectivity index is 1.36. The lowest BCUT2D eigenvalue weighted by atomic mass is 9.93. The zero-order valence-electron chi connectivity index (χ0n) is 25.2. The van der Waals surface area contributed by atoms with Crippen LogP contribution in [0.5, 0.6) is 0 Å². The van der Waals surface area contributed by atoms with E-state index in [0.717, 1.165) is 49.7 Å². The highest BCUT2D eigenvalue weighted by molar-refractivity contribution is 7.27. The summed E-state index contributed by atoms with van der Waals surface area (Å²) in [4.78, 5) is 16.0. The van der Waals surface area contributed by atoms with Crippen LogP contribution < -0.4 is 0 Å². The Hall–Kier alpha value is -5.97. The first-order valence-corrected chi connectivity index (χ1v) is 16.6. The van der Waals surface area contributed by atoms with Crippen molar-refractivity contribution in [1.29, 1.82) is 0 Å². The maximum Gasteiger partial charge on any atom is 0.180 e. The molecular weight excluding hydrogens is 591 g/mol. The van der Waals surface area contributed by atoms with E-state index in [1.54, 1.807) is 0 Å². The fourth-order valence-corrected chi connectivity index (χ4v) is 8.43. The van der Waals surface area contributed by atoms with E-state index >= 15 is 0 Å². The summed E-state index contributed by atoms with van der Waals surface area (Å²) >= 11 is 1.83. The van der Waals surface area contributed by atoms with E-state index < -0.39 is 0 Å². The molecule has 0 saturated heterocycles. The fraction of sp³-hybridized carbons (Fsp3) is 0. The van der Waals surface area contributed by atoms with Crippen LogP contribution in [0.1, 0.15) is 0 Å². The molecule has 0 amide bonds. The van der Waals surface area contributed by atoms with Gasteiger partial charge in [0, 0.05) is 47.3 Å². The molecule has 0 saturated carbocycles. The van der Waals surface area contributed by atoms with Crippen molar-refractivity contribution in [2.45, 2.75) is 0 Å². The van der Waals surface area contributed by atoms with E-state index in [2.05, 4.69) is 146 Å². The molecule has 3 heterocycles. The lowest BCUT2D eigenvalue weighted by Gasteiger charge is -2.15. The average molecular weight is 616 g/mol. The van der Waals surface area contributed by atoms with Crippen LogP contribution in [0.15, 0.2) is 152 Å². The van der Waals surface area contributed by atoms with Crippen LogP contribution >= 0.6 is 11.3 Å². The second-order valence-corrected chi connectivity index (χ2v) is 13.0. The highest BCUT2D eigenvalue weighted by Gasteiger charge is 2.22. The molecule has 47 heavy (non-hydrogen) atoms. The predicted molar refractivity (Wildman–Crippen MR) is 199 cm³/mol. The molecule has 218 valence electrons. The van der Waals surface area contributed by atoms with Gasteiger partial charge in [-0.2, -0.15) is 0 Å². The highest BCUT2D eigenvalue weighted by atomic mass is 32.1. The van der Waals surface area contributed by atoms with Gasteiger partial charge in [0.2, 0.25) is 0 Å². The van der Waals surface area contributed by atoms with Crippen molar-refractivity contribution in [1.82, 2.24) is 15.0 Å². The number of aromatic nitrogens is 3. The SMILES string of the molecule is c1ccc(-c2cccc(-c3nc(-c4nc5ccccc5c5c6ccccc6c6c7ccccc7sc6c45)nc4ccccc34)c2)cc1. The molecule has 0 aliphatic heterocycles. The number of hydrogen-bond acceptors (Lipinski definition) is 4. The minimum Gasteiger partial charge on any atom is -0.244 e. The molecule has 10 aromatic rings. The van der Waals surface area contributed by atoms with Gasteiger partial charge in [0.05, 0.1) is 16.7 Å². The first kappa shape index (κ1) is 26.3. The highest BCUT2D eigenvalue weighted by Crippen LogP contribution is 2.48. The summed E-state index contributed by atoms with van der Waals surface area (Å²) in [5.41, 5.74) is 6.93. The summed E-state index contributed by atoms with van der Waals surface area (Å²) < 4.78 is 2.48. The monoisotopic (exact) mass is 615 g/mol. The van der Waals surface area contributed by atoms with E-state index in [4.69, 9.17) is 15.0 Å². The summed E-state index contributed by atoms with van der Waals surface area (Å²) in [6, 6.07) is 53.5. The van der Waals surface area contributed by atoms with Crippen molar-refractivity contribution in [2.75, 3.05) is 0 Å². The summed E-state index contributed by atoms with van der Waals surface area (Å²) in [6.45, 7) is 0. The first-order chi connectivity index (χ1) is 23.3. The van der Waals surface area contributed by atoms with Gasteiger partial charge in [-0.25, -0.2) is 15.0 Å². The molecule has 0 bridgehead atoms. The quantitative estimate of drug-likeness (QED) is 0.186. The molecule has 0 aliphatic carbocycles. The van der Waals surface area contributed by atoms with E-state index in [0.29, 0.717) is 5.82 Å².